The van der Waals surface area contributed by atoms with Gasteiger partial charge in [-0.15, -0.1) is 12.4 Å². The van der Waals surface area contributed by atoms with Crippen molar-refractivity contribution in [2.45, 2.75) is 31.2 Å². The number of rotatable bonds is 2. The Balaban J connectivity index is 0.000000605. The molecule has 0 saturated heterocycles. The minimum absolute atomic E-state index is 0. The highest BCUT2D eigenvalue weighted by atomic mass is 35.5. The van der Waals surface area contributed by atoms with Gasteiger partial charge in [0, 0.05) is 11.0 Å². The van der Waals surface area contributed by atoms with E-state index < -0.39 is 11.8 Å². The van der Waals surface area contributed by atoms with Crippen LogP contribution in [-0.2, 0) is 0 Å². The molecule has 0 aromatic carbocycles. The van der Waals surface area contributed by atoms with E-state index in [-0.39, 0.29) is 17.9 Å². The molecule has 3 aliphatic rings. The number of nitrogens with one attached hydrogen (secondary N) is 1. The fraction of sp³-hybridized carbons (Fsp3) is 1.00. The highest BCUT2D eigenvalue weighted by Crippen LogP contribution is 2.69. The van der Waals surface area contributed by atoms with Crippen molar-refractivity contribution in [2.75, 3.05) is 7.05 Å². The van der Waals surface area contributed by atoms with Crippen LogP contribution in [0.1, 0.15) is 19.3 Å². The van der Waals surface area contributed by atoms with Gasteiger partial charge in [-0.3, -0.25) is 0 Å². The summed E-state index contributed by atoms with van der Waals surface area (Å²) in [6.07, 6.45) is -0.0287. The fourth-order valence-corrected chi connectivity index (χ4v) is 2.36. The van der Waals surface area contributed by atoms with E-state index in [0.717, 1.165) is 0 Å². The average Bonchev–Trinajstić information content (AvgIpc) is 1.57. The summed E-state index contributed by atoms with van der Waals surface area (Å²) in [6.45, 7) is 0. The van der Waals surface area contributed by atoms with Gasteiger partial charge in [0.05, 0.1) is 0 Å². The van der Waals surface area contributed by atoms with E-state index in [1.807, 2.05) is 7.05 Å². The molecule has 0 aromatic heterocycles. The Hall–Kier alpha value is 0.110. The molecule has 3 aliphatic carbocycles. The van der Waals surface area contributed by atoms with E-state index in [0.29, 0.717) is 19.3 Å². The van der Waals surface area contributed by atoms with Crippen LogP contribution in [-0.4, -0.2) is 19.0 Å². The van der Waals surface area contributed by atoms with Crippen LogP contribution in [0.3, 0.4) is 0 Å². The Morgan fingerprint density at radius 1 is 1.27 bits per heavy atom. The molecule has 0 radical (unpaired) electrons. The second kappa shape index (κ2) is 2.30. The molecule has 0 amide bonds. The minimum atomic E-state index is -2.09. The summed E-state index contributed by atoms with van der Waals surface area (Å²) in [6, 6.07) is 0. The Morgan fingerprint density at radius 2 is 1.73 bits per heavy atom. The molecule has 0 aromatic rings. The number of halogens is 3. The zero-order valence-electron chi connectivity index (χ0n) is 6.36. The van der Waals surface area contributed by atoms with Crippen LogP contribution in [0.2, 0.25) is 0 Å². The molecule has 1 nitrogen and oxygen atoms in total. The van der Waals surface area contributed by atoms with E-state index in [1.54, 1.807) is 0 Å². The van der Waals surface area contributed by atoms with Crippen LogP contribution in [0, 0.1) is 5.41 Å². The fourth-order valence-electron chi connectivity index (χ4n) is 2.36. The van der Waals surface area contributed by atoms with Gasteiger partial charge in [-0.25, -0.2) is 8.78 Å². The summed E-state index contributed by atoms with van der Waals surface area (Å²) in [5.74, 6) is 0. The third kappa shape index (κ3) is 0.905. The summed E-state index contributed by atoms with van der Waals surface area (Å²) in [7, 11) is 1.86. The van der Waals surface area contributed by atoms with Gasteiger partial charge >= 0.3 is 0 Å². The van der Waals surface area contributed by atoms with Gasteiger partial charge in [0.15, 0.2) is 0 Å². The lowest BCUT2D eigenvalue weighted by Crippen LogP contribution is -2.75. The summed E-state index contributed by atoms with van der Waals surface area (Å²) in [5, 5.41) is 3.09. The van der Waals surface area contributed by atoms with Crippen molar-refractivity contribution >= 4 is 12.4 Å². The molecule has 0 spiro atoms. The third-order valence-electron chi connectivity index (χ3n) is 3.06. The third-order valence-corrected chi connectivity index (χ3v) is 3.06. The lowest BCUT2D eigenvalue weighted by atomic mass is 9.39. The van der Waals surface area contributed by atoms with Crippen molar-refractivity contribution in [3.05, 3.63) is 0 Å². The van der Waals surface area contributed by atoms with Gasteiger partial charge in [-0.1, -0.05) is 0 Å². The lowest BCUT2D eigenvalue weighted by Gasteiger charge is -2.70. The number of hydrogen-bond donors (Lipinski definition) is 1. The van der Waals surface area contributed by atoms with Gasteiger partial charge in [0.25, 0.3) is 0 Å². The zero-order valence-corrected chi connectivity index (χ0v) is 7.18. The topological polar surface area (TPSA) is 12.0 Å². The Labute approximate surface area is 71.0 Å². The molecule has 0 atom stereocenters. The first-order valence-corrected chi connectivity index (χ1v) is 3.60. The van der Waals surface area contributed by atoms with Gasteiger partial charge in [0.2, 0.25) is 6.43 Å². The van der Waals surface area contributed by atoms with Crippen molar-refractivity contribution < 1.29 is 8.78 Å². The monoisotopic (exact) mass is 183 g/mol. The van der Waals surface area contributed by atoms with Crippen molar-refractivity contribution in [3.63, 3.8) is 0 Å². The molecule has 1 N–H and O–H groups in total. The van der Waals surface area contributed by atoms with Crippen LogP contribution in [0.5, 0.6) is 0 Å². The number of hydrogen-bond acceptors (Lipinski definition) is 1. The first-order valence-electron chi connectivity index (χ1n) is 3.60. The molecule has 3 fully saturated rings. The van der Waals surface area contributed by atoms with Crippen molar-refractivity contribution in [1.82, 2.24) is 5.32 Å². The van der Waals surface area contributed by atoms with Gasteiger partial charge in [0.1, 0.15) is 0 Å². The molecule has 4 heteroatoms. The highest BCUT2D eigenvalue weighted by Gasteiger charge is 2.71. The van der Waals surface area contributed by atoms with Crippen molar-refractivity contribution in [1.29, 1.82) is 0 Å². The molecule has 3 rings (SSSR count). The second-order valence-electron chi connectivity index (χ2n) is 3.72. The maximum Gasteiger partial charge on any atom is 0.244 e. The van der Waals surface area contributed by atoms with Crippen LogP contribution < -0.4 is 5.32 Å². The smallest absolute Gasteiger partial charge is 0.244 e. The van der Waals surface area contributed by atoms with E-state index in [9.17, 15) is 8.78 Å². The first-order chi connectivity index (χ1) is 4.63. The standard InChI is InChI=1S/C7H11F2N.ClH/c1-10-7-2-6(3-7,4-7)5(8)9;/h5,10H,2-4H2,1H3;1H. The van der Waals surface area contributed by atoms with E-state index >= 15 is 0 Å². The first kappa shape index (κ1) is 9.20. The predicted octanol–water partition coefficient (Wildman–Crippen LogP) is 1.82. The van der Waals surface area contributed by atoms with E-state index in [2.05, 4.69) is 5.32 Å². The van der Waals surface area contributed by atoms with Crippen LogP contribution in [0.25, 0.3) is 0 Å². The second-order valence-corrected chi connectivity index (χ2v) is 3.72. The molecule has 11 heavy (non-hydrogen) atoms. The maximum atomic E-state index is 12.2. The van der Waals surface area contributed by atoms with Crippen LogP contribution in [0.15, 0.2) is 0 Å². The maximum absolute atomic E-state index is 12.2. The Morgan fingerprint density at radius 3 is 2.00 bits per heavy atom. The minimum Gasteiger partial charge on any atom is -0.314 e. The summed E-state index contributed by atoms with van der Waals surface area (Å²) in [4.78, 5) is 0. The Kier molecular flexibility index (Phi) is 1.92. The molecule has 3 saturated carbocycles. The van der Waals surface area contributed by atoms with Crippen LogP contribution in [0.4, 0.5) is 8.78 Å². The number of alkyl halides is 2. The van der Waals surface area contributed by atoms with Crippen LogP contribution >= 0.6 is 12.4 Å². The van der Waals surface area contributed by atoms with E-state index in [4.69, 9.17) is 0 Å². The summed E-state index contributed by atoms with van der Waals surface area (Å²) < 4.78 is 24.4. The largest absolute Gasteiger partial charge is 0.314 e. The molecule has 66 valence electrons. The summed E-state index contributed by atoms with van der Waals surface area (Å²) >= 11 is 0. The molecule has 2 bridgehead atoms. The molecule has 0 heterocycles. The highest BCUT2D eigenvalue weighted by molar-refractivity contribution is 5.85. The van der Waals surface area contributed by atoms with Gasteiger partial charge in [-0.2, -0.15) is 0 Å². The Bertz CT molecular complexity index is 152. The lowest BCUT2D eigenvalue weighted by molar-refractivity contribution is -0.226. The molecular weight excluding hydrogens is 172 g/mol. The predicted molar refractivity (Wildman–Crippen MR) is 41.3 cm³/mol. The quantitative estimate of drug-likeness (QED) is 0.689. The average molecular weight is 184 g/mol. The normalized spacial score (nSPS) is 45.8. The summed E-state index contributed by atoms with van der Waals surface area (Å²) in [5.41, 5.74) is -0.445. The SMILES string of the molecule is CNC12CC(C(F)F)(C1)C2.Cl. The molecule has 0 unspecified atom stereocenters. The molecule has 0 aliphatic heterocycles. The zero-order chi connectivity index (χ0) is 7.41. The van der Waals surface area contributed by atoms with Gasteiger partial charge < -0.3 is 5.32 Å². The van der Waals surface area contributed by atoms with Crippen molar-refractivity contribution in [2.24, 2.45) is 5.41 Å². The van der Waals surface area contributed by atoms with Crippen molar-refractivity contribution in [3.8, 4) is 0 Å². The van der Waals surface area contributed by atoms with Gasteiger partial charge in [-0.05, 0) is 26.3 Å². The molecular formula is C7H12ClF2N. The van der Waals surface area contributed by atoms with E-state index in [1.165, 1.54) is 0 Å².